The number of carbonyl (C=O) groups is 1. The number of sulfone groups is 1. The summed E-state index contributed by atoms with van der Waals surface area (Å²) in [6, 6.07) is 4.06. The van der Waals surface area contributed by atoms with Crippen molar-refractivity contribution in [2.75, 3.05) is 5.75 Å². The highest BCUT2D eigenvalue weighted by Crippen LogP contribution is 2.18. The summed E-state index contributed by atoms with van der Waals surface area (Å²) in [6.45, 7) is 3.21. The van der Waals surface area contributed by atoms with E-state index in [0.29, 0.717) is 11.1 Å². The second-order valence-electron chi connectivity index (χ2n) is 4.00. The Morgan fingerprint density at radius 3 is 2.56 bits per heavy atom. The molecule has 0 spiro atoms. The normalized spacial score (nSPS) is 12.5. The van der Waals surface area contributed by atoms with Gasteiger partial charge in [-0.2, -0.15) is 0 Å². The van der Waals surface area contributed by atoms with E-state index in [1.165, 1.54) is 23.7 Å². The summed E-state index contributed by atoms with van der Waals surface area (Å²) in [6.07, 6.45) is 0. The van der Waals surface area contributed by atoms with Crippen molar-refractivity contribution >= 4 is 27.4 Å². The molecule has 0 heterocycles. The second-order valence-corrected chi connectivity index (χ2v) is 6.20. The molecule has 0 unspecified atom stereocenters. The summed E-state index contributed by atoms with van der Waals surface area (Å²) in [7, 11) is -3.56. The zero-order valence-corrected chi connectivity index (χ0v) is 11.5. The average Bonchev–Trinajstić information content (AvgIpc) is 2.28. The third-order valence-electron chi connectivity index (χ3n) is 2.40. The lowest BCUT2D eigenvalue weighted by Crippen LogP contribution is -2.10. The SMILES string of the molecule is C/C(=C/Cl)CS(=O)(=O)c1ccc(C)c(C(=O)O)c1. The van der Waals surface area contributed by atoms with Crippen molar-refractivity contribution in [3.63, 3.8) is 0 Å². The summed E-state index contributed by atoms with van der Waals surface area (Å²) < 4.78 is 24.0. The van der Waals surface area contributed by atoms with Gasteiger partial charge in [0.1, 0.15) is 0 Å². The molecule has 0 aromatic heterocycles. The van der Waals surface area contributed by atoms with Gasteiger partial charge in [-0.25, -0.2) is 13.2 Å². The molecule has 1 rings (SSSR count). The molecule has 0 saturated carbocycles. The molecule has 1 aromatic carbocycles. The van der Waals surface area contributed by atoms with Crippen molar-refractivity contribution in [3.05, 3.63) is 40.4 Å². The summed E-state index contributed by atoms with van der Waals surface area (Å²) in [5, 5.41) is 8.96. The van der Waals surface area contributed by atoms with Crippen LogP contribution < -0.4 is 0 Å². The number of benzene rings is 1. The number of carboxylic acid groups (broad SMARTS) is 1. The fourth-order valence-electron chi connectivity index (χ4n) is 1.44. The molecule has 0 amide bonds. The highest BCUT2D eigenvalue weighted by atomic mass is 35.5. The molecule has 18 heavy (non-hydrogen) atoms. The molecule has 0 radical (unpaired) electrons. The van der Waals surface area contributed by atoms with Gasteiger partial charge in [-0.3, -0.25) is 0 Å². The van der Waals surface area contributed by atoms with E-state index in [4.69, 9.17) is 16.7 Å². The molecule has 0 aliphatic carbocycles. The lowest BCUT2D eigenvalue weighted by atomic mass is 10.1. The molecule has 1 N–H and O–H groups in total. The standard InChI is InChI=1S/C12H13ClO4S/c1-8(6-13)7-18(16,17)10-4-3-9(2)11(5-10)12(14)15/h3-6H,7H2,1-2H3,(H,14,15)/b8-6-. The fourth-order valence-corrected chi connectivity index (χ4v) is 3.03. The molecule has 98 valence electrons. The third kappa shape index (κ3) is 3.34. The summed E-state index contributed by atoms with van der Waals surface area (Å²) in [5.41, 5.74) is 2.20. The van der Waals surface area contributed by atoms with Gasteiger partial charge in [0, 0.05) is 5.54 Å². The van der Waals surface area contributed by atoms with Gasteiger partial charge < -0.3 is 5.11 Å². The number of hydrogen-bond donors (Lipinski definition) is 1. The minimum atomic E-state index is -3.56. The minimum Gasteiger partial charge on any atom is -0.478 e. The van der Waals surface area contributed by atoms with Crippen LogP contribution in [0.5, 0.6) is 0 Å². The summed E-state index contributed by atoms with van der Waals surface area (Å²) in [5.74, 6) is -1.37. The first-order valence-corrected chi connectivity index (χ1v) is 7.19. The minimum absolute atomic E-state index is 0.0106. The third-order valence-corrected chi connectivity index (χ3v) is 4.58. The van der Waals surface area contributed by atoms with Crippen molar-refractivity contribution in [3.8, 4) is 0 Å². The smallest absolute Gasteiger partial charge is 0.335 e. The van der Waals surface area contributed by atoms with Crippen LogP contribution in [0.4, 0.5) is 0 Å². The Bertz CT molecular complexity index is 603. The van der Waals surface area contributed by atoms with Gasteiger partial charge in [-0.15, -0.1) is 0 Å². The number of aryl methyl sites for hydroxylation is 1. The van der Waals surface area contributed by atoms with Gasteiger partial charge in [0.2, 0.25) is 0 Å². The zero-order chi connectivity index (χ0) is 13.9. The molecular weight excluding hydrogens is 276 g/mol. The van der Waals surface area contributed by atoms with Gasteiger partial charge in [-0.1, -0.05) is 17.7 Å². The second kappa shape index (κ2) is 5.54. The lowest BCUT2D eigenvalue weighted by Gasteiger charge is -2.07. The van der Waals surface area contributed by atoms with Crippen LogP contribution in [0.2, 0.25) is 0 Å². The number of halogens is 1. The molecule has 4 nitrogen and oxygen atoms in total. The quantitative estimate of drug-likeness (QED) is 0.924. The van der Waals surface area contributed by atoms with E-state index < -0.39 is 15.8 Å². The molecule has 0 atom stereocenters. The van der Waals surface area contributed by atoms with Crippen LogP contribution in [-0.2, 0) is 9.84 Å². The zero-order valence-electron chi connectivity index (χ0n) is 9.97. The Balaban J connectivity index is 3.26. The number of aromatic carboxylic acids is 1. The highest BCUT2D eigenvalue weighted by molar-refractivity contribution is 7.91. The first-order valence-electron chi connectivity index (χ1n) is 5.10. The molecule has 0 fully saturated rings. The molecule has 0 bridgehead atoms. The Morgan fingerprint density at radius 2 is 2.06 bits per heavy atom. The number of hydrogen-bond acceptors (Lipinski definition) is 3. The topological polar surface area (TPSA) is 71.4 Å². The van der Waals surface area contributed by atoms with Crippen LogP contribution >= 0.6 is 11.6 Å². The Hall–Kier alpha value is -1.33. The van der Waals surface area contributed by atoms with Gasteiger partial charge in [0.15, 0.2) is 9.84 Å². The fraction of sp³-hybridized carbons (Fsp3) is 0.250. The van der Waals surface area contributed by atoms with Crippen LogP contribution in [0.1, 0.15) is 22.8 Å². The van der Waals surface area contributed by atoms with Crippen molar-refractivity contribution < 1.29 is 18.3 Å². The molecule has 6 heteroatoms. The van der Waals surface area contributed by atoms with E-state index in [-0.39, 0.29) is 16.2 Å². The summed E-state index contributed by atoms with van der Waals surface area (Å²) in [4.78, 5) is 10.9. The first-order chi connectivity index (χ1) is 8.27. The Kier molecular flexibility index (Phi) is 4.53. The van der Waals surface area contributed by atoms with Crippen molar-refractivity contribution in [1.82, 2.24) is 0 Å². The number of rotatable bonds is 4. The Morgan fingerprint density at radius 1 is 1.44 bits per heavy atom. The average molecular weight is 289 g/mol. The monoisotopic (exact) mass is 288 g/mol. The summed E-state index contributed by atoms with van der Waals surface area (Å²) >= 11 is 5.43. The number of carboxylic acids is 1. The molecule has 0 aliphatic heterocycles. The van der Waals surface area contributed by atoms with Crippen LogP contribution in [0.15, 0.2) is 34.2 Å². The van der Waals surface area contributed by atoms with Gasteiger partial charge >= 0.3 is 5.97 Å². The molecule has 1 aromatic rings. The van der Waals surface area contributed by atoms with Gasteiger partial charge in [-0.05, 0) is 37.1 Å². The van der Waals surface area contributed by atoms with E-state index in [2.05, 4.69) is 0 Å². The maximum absolute atomic E-state index is 12.0. The van der Waals surface area contributed by atoms with Crippen LogP contribution in [0.25, 0.3) is 0 Å². The maximum Gasteiger partial charge on any atom is 0.335 e. The predicted octanol–water partition coefficient (Wildman–Crippen LogP) is 2.61. The van der Waals surface area contributed by atoms with E-state index in [0.717, 1.165) is 0 Å². The van der Waals surface area contributed by atoms with Crippen molar-refractivity contribution in [2.45, 2.75) is 18.7 Å². The van der Waals surface area contributed by atoms with Crippen LogP contribution in [-0.4, -0.2) is 25.2 Å². The first kappa shape index (κ1) is 14.7. The van der Waals surface area contributed by atoms with E-state index in [1.54, 1.807) is 13.8 Å². The predicted molar refractivity (Wildman–Crippen MR) is 69.8 cm³/mol. The molecule has 0 saturated heterocycles. The lowest BCUT2D eigenvalue weighted by molar-refractivity contribution is 0.0696. The van der Waals surface area contributed by atoms with E-state index >= 15 is 0 Å². The largest absolute Gasteiger partial charge is 0.478 e. The van der Waals surface area contributed by atoms with Gasteiger partial charge in [0.25, 0.3) is 0 Å². The van der Waals surface area contributed by atoms with Crippen LogP contribution in [0, 0.1) is 6.92 Å². The molecular formula is C12H13ClO4S. The van der Waals surface area contributed by atoms with E-state index in [1.807, 2.05) is 0 Å². The van der Waals surface area contributed by atoms with E-state index in [9.17, 15) is 13.2 Å². The van der Waals surface area contributed by atoms with Crippen molar-refractivity contribution in [1.29, 1.82) is 0 Å². The highest BCUT2D eigenvalue weighted by Gasteiger charge is 2.18. The maximum atomic E-state index is 12.0. The van der Waals surface area contributed by atoms with Gasteiger partial charge in [0.05, 0.1) is 16.2 Å². The van der Waals surface area contributed by atoms with Crippen LogP contribution in [0.3, 0.4) is 0 Å². The Labute approximate surface area is 111 Å². The van der Waals surface area contributed by atoms with Crippen molar-refractivity contribution in [2.24, 2.45) is 0 Å². The molecule has 0 aliphatic rings.